The molecular weight excluding hydrogens is 1400 g/mol. The van der Waals surface area contributed by atoms with E-state index in [1.165, 1.54) is 38.4 Å². The van der Waals surface area contributed by atoms with Crippen LogP contribution in [-0.2, 0) is 83.2 Å². The number of hydrogen-bond acceptors (Lipinski definition) is 16. The topological polar surface area (TPSA) is 501 Å². The molecule has 32 nitrogen and oxygen atoms in total. The average Bonchev–Trinajstić information content (AvgIpc) is 1.59. The van der Waals surface area contributed by atoms with E-state index in [0.29, 0.717) is 22.3 Å². The Morgan fingerprint density at radius 1 is 0.404 bits per heavy atom. The minimum Gasteiger partial charge on any atom is -0.508 e. The van der Waals surface area contributed by atoms with Gasteiger partial charge in [0.05, 0.1) is 13.1 Å². The second-order valence-corrected chi connectivity index (χ2v) is 27.1. The van der Waals surface area contributed by atoms with Crippen molar-refractivity contribution in [2.24, 2.45) is 32.9 Å². The van der Waals surface area contributed by atoms with Crippen molar-refractivity contribution in [1.29, 1.82) is 0 Å². The summed E-state index contributed by atoms with van der Waals surface area (Å²) in [6.45, 7) is -1.09. The lowest BCUT2D eigenvalue weighted by Gasteiger charge is -2.32. The molecule has 0 spiro atoms. The van der Waals surface area contributed by atoms with Crippen LogP contribution in [0.3, 0.4) is 0 Å². The van der Waals surface area contributed by atoms with E-state index in [0.717, 1.165) is 31.3 Å². The Kier molecular flexibility index (Phi) is 30.9. The van der Waals surface area contributed by atoms with Crippen molar-refractivity contribution < 1.29 is 67.7 Å². The number of nitrogens with zero attached hydrogens (tertiary/aromatic N) is 4. The monoisotopic (exact) mass is 1500 g/mol. The molecule has 2 heterocycles. The SMILES string of the molecule is CN1C(=O)[C@@H](Cc2ccc(O)cc2)NC(=O)CNC(=O)[C@H](Cc2ccc3ccccc3c2)NC(=O)[C@H](CCCN=C(N)N)NC(=O)[C@H]1CCCNC(=O)CCCC(=O)NCCC[C@@H]1C(=O)N[C@@H](CCCN=C(N)N)C(=O)N[C@@H](Cc2ccc3ccccc3c2)C(=O)NCC(=O)N[C@H](Cc2ccc(O)cc2)C(=O)N1C. The van der Waals surface area contributed by atoms with E-state index in [2.05, 4.69) is 63.2 Å². The van der Waals surface area contributed by atoms with Crippen LogP contribution < -0.4 is 76.1 Å². The summed E-state index contributed by atoms with van der Waals surface area (Å²) in [6, 6.07) is 27.7. The summed E-state index contributed by atoms with van der Waals surface area (Å²) in [7, 11) is 2.73. The van der Waals surface area contributed by atoms with Gasteiger partial charge < -0.3 is 96.1 Å². The molecule has 6 aromatic carbocycles. The highest BCUT2D eigenvalue weighted by Crippen LogP contribution is 2.22. The summed E-state index contributed by atoms with van der Waals surface area (Å²) >= 11 is 0. The molecule has 109 heavy (non-hydrogen) atoms. The summed E-state index contributed by atoms with van der Waals surface area (Å²) in [5.74, 6) is -8.85. The maximum absolute atomic E-state index is 14.8. The van der Waals surface area contributed by atoms with Gasteiger partial charge in [0, 0.05) is 78.8 Å². The number of carbonyl (C=O) groups is 12. The molecule has 32 heteroatoms. The van der Waals surface area contributed by atoms with Crippen LogP contribution in [0.4, 0.5) is 0 Å². The maximum atomic E-state index is 14.8. The van der Waals surface area contributed by atoms with Crippen molar-refractivity contribution >= 4 is 104 Å². The van der Waals surface area contributed by atoms with Crippen LogP contribution in [0.15, 0.2) is 143 Å². The minimum absolute atomic E-state index is 0.0142. The largest absolute Gasteiger partial charge is 0.508 e. The number of hydrogen-bond donors (Lipinski definition) is 16. The van der Waals surface area contributed by atoms with Gasteiger partial charge in [-0.15, -0.1) is 0 Å². The molecule has 0 aromatic heterocycles. The van der Waals surface area contributed by atoms with Gasteiger partial charge >= 0.3 is 0 Å². The van der Waals surface area contributed by atoms with Crippen molar-refractivity contribution in [3.8, 4) is 11.5 Å². The molecule has 8 rings (SSSR count). The normalized spacial score (nSPS) is 20.2. The molecular formula is C77H98N18O14. The summed E-state index contributed by atoms with van der Waals surface area (Å²) in [6.07, 6.45) is -0.0629. The van der Waals surface area contributed by atoms with Gasteiger partial charge in [-0.3, -0.25) is 67.5 Å². The van der Waals surface area contributed by atoms with E-state index in [9.17, 15) is 67.7 Å². The van der Waals surface area contributed by atoms with E-state index < -0.39 is 132 Å². The first-order chi connectivity index (χ1) is 52.3. The molecule has 0 unspecified atom stereocenters. The molecule has 20 N–H and O–H groups in total. The zero-order valence-electron chi connectivity index (χ0n) is 61.1. The number of fused-ring (bicyclic) bond motifs is 2. The summed E-state index contributed by atoms with van der Waals surface area (Å²) in [5, 5.41) is 51.1. The first-order valence-corrected chi connectivity index (χ1v) is 36.3. The lowest BCUT2D eigenvalue weighted by Crippen LogP contribution is -2.58. The molecule has 0 aliphatic carbocycles. The van der Waals surface area contributed by atoms with Gasteiger partial charge in [0.1, 0.15) is 59.8 Å². The van der Waals surface area contributed by atoms with Crippen LogP contribution in [0.2, 0.25) is 0 Å². The molecule has 0 saturated carbocycles. The fourth-order valence-corrected chi connectivity index (χ4v) is 12.9. The average molecular weight is 1500 g/mol. The van der Waals surface area contributed by atoms with Crippen molar-refractivity contribution in [2.75, 3.05) is 53.4 Å². The predicted molar refractivity (Wildman–Crippen MR) is 408 cm³/mol. The summed E-state index contributed by atoms with van der Waals surface area (Å²) in [5.41, 5.74) is 24.8. The maximum Gasteiger partial charge on any atom is 0.245 e. The Labute approximate surface area is 630 Å². The summed E-state index contributed by atoms with van der Waals surface area (Å²) < 4.78 is 0. The highest BCUT2D eigenvalue weighted by atomic mass is 16.3. The number of nitrogens with one attached hydrogen (secondary N) is 10. The molecule has 2 fully saturated rings. The number of rotatable bonds is 28. The van der Waals surface area contributed by atoms with Crippen LogP contribution in [-0.4, -0.2) is 205 Å². The number of guanidine groups is 2. The van der Waals surface area contributed by atoms with Gasteiger partial charge in [-0.2, -0.15) is 0 Å². The van der Waals surface area contributed by atoms with Crippen molar-refractivity contribution in [3.05, 3.63) is 156 Å². The number of amides is 12. The second-order valence-electron chi connectivity index (χ2n) is 27.1. The van der Waals surface area contributed by atoms with Crippen molar-refractivity contribution in [3.63, 3.8) is 0 Å². The van der Waals surface area contributed by atoms with Crippen LogP contribution in [0.5, 0.6) is 11.5 Å². The Hall–Kier alpha value is -12.4. The highest BCUT2D eigenvalue weighted by Gasteiger charge is 2.38. The minimum atomic E-state index is -1.32. The van der Waals surface area contributed by atoms with Gasteiger partial charge in [-0.05, 0) is 126 Å². The third-order valence-electron chi connectivity index (χ3n) is 18.8. The lowest BCUT2D eigenvalue weighted by atomic mass is 10.00. The highest BCUT2D eigenvalue weighted by molar-refractivity contribution is 5.99. The standard InChI is InChI=1S/C77H98N18O14/c1-94-62(72(106)90-56(16-8-36-84-76(78)79)70(104)92-58(42-48-22-28-50-12-3-5-14-52(50)38-48)68(102)86-44-66(100)88-60(74(94)108)40-46-24-30-54(96)31-25-46)18-10-34-82-64(98)20-7-21-65(99)83-35-11-19-63-73(107)91-57(17-9-37-85-77(80)81)71(105)93-59(43-49-23-29-51-13-4-6-15-53(51)39-49)69(103)87-45-67(101)89-61(75(109)95(63)2)41-47-26-32-55(97)33-27-47/h3-6,12-15,22-33,38-39,56-63,96-97H,7-11,16-21,34-37,40-45H2,1-2H3,(H,82,98)(H,83,99)(H,86,102)(H,87,103)(H,88,100)(H,89,101)(H,90,106)(H,91,107)(H,92,104)(H,93,105)(H4,78,79,84)(H4,80,81,85)/t56-,57-,58-,59-,60+,61+,62+,63+/m0/s1. The number of phenols is 2. The van der Waals surface area contributed by atoms with Crippen molar-refractivity contribution in [1.82, 2.24) is 63.0 Å². The van der Waals surface area contributed by atoms with Crippen LogP contribution in [0.1, 0.15) is 92.9 Å². The smallest absolute Gasteiger partial charge is 0.245 e. The number of aromatic hydroxyl groups is 2. The zero-order chi connectivity index (χ0) is 78.5. The molecule has 0 bridgehead atoms. The fraction of sp³-hybridized carbons (Fsp3) is 0.403. The quantitative estimate of drug-likeness (QED) is 0.0168. The Morgan fingerprint density at radius 2 is 0.752 bits per heavy atom. The summed E-state index contributed by atoms with van der Waals surface area (Å²) in [4.78, 5) is 181. The van der Waals surface area contributed by atoms with Gasteiger partial charge in [0.15, 0.2) is 11.9 Å². The number of benzene rings is 6. The molecule has 12 amide bonds. The second kappa shape index (κ2) is 40.9. The number of phenolic OH excluding ortho intramolecular Hbond substituents is 2. The van der Waals surface area contributed by atoms with Crippen molar-refractivity contribution in [2.45, 2.75) is 145 Å². The van der Waals surface area contributed by atoms with Gasteiger partial charge in [0.25, 0.3) is 0 Å². The van der Waals surface area contributed by atoms with Crippen LogP contribution in [0.25, 0.3) is 21.5 Å². The van der Waals surface area contributed by atoms with E-state index in [1.54, 1.807) is 24.3 Å². The number of nitrogens with two attached hydrogens (primary N) is 4. The molecule has 580 valence electrons. The van der Waals surface area contributed by atoms with Gasteiger partial charge in [-0.25, -0.2) is 0 Å². The molecule has 2 saturated heterocycles. The number of likely N-dealkylation sites (N-methyl/N-ethyl adjacent to an activating group) is 2. The van der Waals surface area contributed by atoms with E-state index in [1.807, 2.05) is 84.9 Å². The molecule has 2 aliphatic rings. The van der Waals surface area contributed by atoms with Gasteiger partial charge in [0.2, 0.25) is 70.9 Å². The Morgan fingerprint density at radius 3 is 1.13 bits per heavy atom. The molecule has 2 aliphatic heterocycles. The predicted octanol–water partition coefficient (Wildman–Crippen LogP) is -0.433. The fourth-order valence-electron chi connectivity index (χ4n) is 12.9. The molecule has 6 aromatic rings. The molecule has 8 atom stereocenters. The zero-order valence-corrected chi connectivity index (χ0v) is 61.1. The number of aliphatic imine (C=N–C) groups is 2. The Balaban J connectivity index is 0.920. The van der Waals surface area contributed by atoms with Crippen LogP contribution in [0, 0.1) is 0 Å². The lowest BCUT2D eigenvalue weighted by molar-refractivity contribution is -0.142. The van der Waals surface area contributed by atoms with Gasteiger partial charge in [-0.1, -0.05) is 109 Å². The van der Waals surface area contributed by atoms with E-state index in [-0.39, 0.29) is 146 Å². The Bertz CT molecular complexity index is 4010. The number of carbonyl (C=O) groups excluding carboxylic acids is 12. The third kappa shape index (κ3) is 26.0. The van der Waals surface area contributed by atoms with E-state index in [4.69, 9.17) is 22.9 Å². The van der Waals surface area contributed by atoms with Crippen LogP contribution >= 0.6 is 0 Å². The first kappa shape index (κ1) is 82.3. The third-order valence-corrected chi connectivity index (χ3v) is 18.8. The molecule has 0 radical (unpaired) electrons. The van der Waals surface area contributed by atoms with E-state index >= 15 is 0 Å². The first-order valence-electron chi connectivity index (χ1n) is 36.3.